The zero-order valence-corrected chi connectivity index (χ0v) is 13.7. The Labute approximate surface area is 139 Å². The predicted molar refractivity (Wildman–Crippen MR) is 84.9 cm³/mol. The van der Waals surface area contributed by atoms with E-state index in [4.69, 9.17) is 21.7 Å². The second kappa shape index (κ2) is 11.4. The number of hydrogen-bond acceptors (Lipinski definition) is 6. The summed E-state index contributed by atoms with van der Waals surface area (Å²) in [7, 11) is 0. The van der Waals surface area contributed by atoms with Gasteiger partial charge < -0.3 is 32.3 Å². The Morgan fingerprint density at radius 3 is 2.12 bits per heavy atom. The van der Waals surface area contributed by atoms with Gasteiger partial charge in [0.15, 0.2) is 0 Å². The van der Waals surface area contributed by atoms with Gasteiger partial charge in [0.05, 0.1) is 6.04 Å². The van der Waals surface area contributed by atoms with Crippen molar-refractivity contribution >= 4 is 23.8 Å². The van der Waals surface area contributed by atoms with E-state index in [0.717, 1.165) is 6.42 Å². The molecule has 24 heavy (non-hydrogen) atoms. The molecule has 0 heterocycles. The summed E-state index contributed by atoms with van der Waals surface area (Å²) < 4.78 is 0. The Kier molecular flexibility index (Phi) is 10.3. The number of hydrogen-bond donors (Lipinski definition) is 6. The summed E-state index contributed by atoms with van der Waals surface area (Å²) in [5.74, 6) is -3.76. The van der Waals surface area contributed by atoms with Crippen molar-refractivity contribution in [3.05, 3.63) is 0 Å². The Bertz CT molecular complexity index is 457. The number of carboxylic acid groups (broad SMARTS) is 2. The normalized spacial score (nSPS) is 14.3. The minimum atomic E-state index is -1.35. The summed E-state index contributed by atoms with van der Waals surface area (Å²) >= 11 is 0. The summed E-state index contributed by atoms with van der Waals surface area (Å²) in [6.45, 7) is 1.88. The molecule has 2 amide bonds. The van der Waals surface area contributed by atoms with Crippen LogP contribution in [0.5, 0.6) is 0 Å². The monoisotopic (exact) mass is 346 g/mol. The fourth-order valence-corrected chi connectivity index (χ4v) is 1.85. The van der Waals surface area contributed by atoms with E-state index >= 15 is 0 Å². The fraction of sp³-hybridized carbons (Fsp3) is 0.714. The SMILES string of the molecule is C[C@H](NC(=O)[C@@H](N)CCCCN)C(=O)N[C@@H](CCC(=O)O)C(=O)O. The Morgan fingerprint density at radius 1 is 1.00 bits per heavy atom. The van der Waals surface area contributed by atoms with Crippen molar-refractivity contribution < 1.29 is 29.4 Å². The molecule has 0 aliphatic heterocycles. The van der Waals surface area contributed by atoms with Gasteiger partial charge in [0.2, 0.25) is 11.8 Å². The highest BCUT2D eigenvalue weighted by atomic mass is 16.4. The second-order valence-corrected chi connectivity index (χ2v) is 5.45. The van der Waals surface area contributed by atoms with E-state index in [9.17, 15) is 19.2 Å². The fourth-order valence-electron chi connectivity index (χ4n) is 1.85. The molecular formula is C14H26N4O6. The predicted octanol–water partition coefficient (Wildman–Crippen LogP) is -1.62. The highest BCUT2D eigenvalue weighted by Crippen LogP contribution is 2.01. The molecule has 0 aliphatic rings. The minimum Gasteiger partial charge on any atom is -0.481 e. The van der Waals surface area contributed by atoms with Crippen LogP contribution in [0.2, 0.25) is 0 Å². The maximum Gasteiger partial charge on any atom is 0.326 e. The molecule has 0 bridgehead atoms. The van der Waals surface area contributed by atoms with Gasteiger partial charge in [0.25, 0.3) is 0 Å². The van der Waals surface area contributed by atoms with E-state index < -0.39 is 48.3 Å². The summed E-state index contributed by atoms with van der Waals surface area (Å²) in [6.07, 6.45) is 1.19. The molecule has 0 spiro atoms. The standard InChI is InChI=1S/C14H26N4O6/c1-8(17-13(22)9(16)4-2-3-7-15)12(21)18-10(14(23)24)5-6-11(19)20/h8-10H,2-7,15-16H2,1H3,(H,17,22)(H,18,21)(H,19,20)(H,23,24)/t8-,9-,10-/m0/s1. The quantitative estimate of drug-likeness (QED) is 0.228. The number of amides is 2. The van der Waals surface area contributed by atoms with Crippen LogP contribution >= 0.6 is 0 Å². The number of carbonyl (C=O) groups excluding carboxylic acids is 2. The molecule has 0 fully saturated rings. The van der Waals surface area contributed by atoms with Gasteiger partial charge in [0.1, 0.15) is 12.1 Å². The summed E-state index contributed by atoms with van der Waals surface area (Å²) in [6, 6.07) is -3.12. The van der Waals surface area contributed by atoms with Gasteiger partial charge in [-0.15, -0.1) is 0 Å². The third-order valence-electron chi connectivity index (χ3n) is 3.32. The van der Waals surface area contributed by atoms with E-state index in [-0.39, 0.29) is 6.42 Å². The molecule has 0 saturated carbocycles. The summed E-state index contributed by atoms with van der Waals surface area (Å²) in [5.41, 5.74) is 11.0. The van der Waals surface area contributed by atoms with Gasteiger partial charge in [-0.3, -0.25) is 14.4 Å². The topological polar surface area (TPSA) is 185 Å². The Morgan fingerprint density at radius 2 is 1.62 bits per heavy atom. The average molecular weight is 346 g/mol. The van der Waals surface area contributed by atoms with Crippen molar-refractivity contribution in [2.75, 3.05) is 6.54 Å². The van der Waals surface area contributed by atoms with Crippen LogP contribution in [0.1, 0.15) is 39.0 Å². The number of carboxylic acids is 2. The molecule has 0 aromatic carbocycles. The van der Waals surface area contributed by atoms with Crippen molar-refractivity contribution in [3.63, 3.8) is 0 Å². The maximum atomic E-state index is 11.9. The molecule has 0 radical (unpaired) electrons. The van der Waals surface area contributed by atoms with Gasteiger partial charge in [-0.1, -0.05) is 6.42 Å². The number of rotatable bonds is 12. The van der Waals surface area contributed by atoms with Crippen molar-refractivity contribution in [2.24, 2.45) is 11.5 Å². The first kappa shape index (κ1) is 21.8. The van der Waals surface area contributed by atoms with Crippen LogP contribution in [0.25, 0.3) is 0 Å². The maximum absolute atomic E-state index is 11.9. The molecule has 0 aliphatic carbocycles. The molecule has 0 saturated heterocycles. The van der Waals surface area contributed by atoms with Crippen LogP contribution < -0.4 is 22.1 Å². The van der Waals surface area contributed by atoms with Gasteiger partial charge in [-0.2, -0.15) is 0 Å². The first-order valence-corrected chi connectivity index (χ1v) is 7.70. The van der Waals surface area contributed by atoms with Crippen LogP contribution in [0.3, 0.4) is 0 Å². The van der Waals surface area contributed by atoms with Crippen LogP contribution in [0, 0.1) is 0 Å². The van der Waals surface area contributed by atoms with Crippen molar-refractivity contribution in [2.45, 2.75) is 57.2 Å². The average Bonchev–Trinajstić information content (AvgIpc) is 2.50. The molecule has 0 unspecified atom stereocenters. The lowest BCUT2D eigenvalue weighted by Gasteiger charge is -2.20. The van der Waals surface area contributed by atoms with E-state index in [1.807, 2.05) is 0 Å². The smallest absolute Gasteiger partial charge is 0.326 e. The Balaban J connectivity index is 4.44. The molecule has 0 aromatic heterocycles. The first-order valence-electron chi connectivity index (χ1n) is 7.70. The van der Waals surface area contributed by atoms with Crippen molar-refractivity contribution in [1.82, 2.24) is 10.6 Å². The van der Waals surface area contributed by atoms with Gasteiger partial charge in [-0.25, -0.2) is 4.79 Å². The van der Waals surface area contributed by atoms with E-state index in [2.05, 4.69) is 10.6 Å². The summed E-state index contributed by atoms with van der Waals surface area (Å²) in [5, 5.41) is 22.1. The van der Waals surface area contributed by atoms with E-state index in [1.165, 1.54) is 6.92 Å². The van der Waals surface area contributed by atoms with Crippen molar-refractivity contribution in [3.8, 4) is 0 Å². The number of unbranched alkanes of at least 4 members (excludes halogenated alkanes) is 1. The number of carbonyl (C=O) groups is 4. The molecule has 10 heteroatoms. The lowest BCUT2D eigenvalue weighted by atomic mass is 10.1. The van der Waals surface area contributed by atoms with Gasteiger partial charge >= 0.3 is 11.9 Å². The zero-order chi connectivity index (χ0) is 18.7. The second-order valence-electron chi connectivity index (χ2n) is 5.45. The zero-order valence-electron chi connectivity index (χ0n) is 13.7. The van der Waals surface area contributed by atoms with E-state index in [0.29, 0.717) is 19.4 Å². The molecule has 8 N–H and O–H groups in total. The minimum absolute atomic E-state index is 0.254. The van der Waals surface area contributed by atoms with Crippen LogP contribution in [-0.2, 0) is 19.2 Å². The largest absolute Gasteiger partial charge is 0.481 e. The molecule has 0 rings (SSSR count). The number of nitrogens with two attached hydrogens (primary N) is 2. The third-order valence-corrected chi connectivity index (χ3v) is 3.32. The van der Waals surface area contributed by atoms with Gasteiger partial charge in [0, 0.05) is 6.42 Å². The lowest BCUT2D eigenvalue weighted by Crippen LogP contribution is -2.53. The van der Waals surface area contributed by atoms with Crippen LogP contribution in [0.15, 0.2) is 0 Å². The summed E-state index contributed by atoms with van der Waals surface area (Å²) in [4.78, 5) is 45.3. The van der Waals surface area contributed by atoms with Crippen LogP contribution in [0.4, 0.5) is 0 Å². The van der Waals surface area contributed by atoms with Crippen LogP contribution in [-0.4, -0.2) is 58.6 Å². The highest BCUT2D eigenvalue weighted by molar-refractivity contribution is 5.91. The number of aliphatic carboxylic acids is 2. The van der Waals surface area contributed by atoms with E-state index in [1.54, 1.807) is 0 Å². The molecule has 3 atom stereocenters. The highest BCUT2D eigenvalue weighted by Gasteiger charge is 2.25. The molecule has 10 nitrogen and oxygen atoms in total. The molecule has 138 valence electrons. The van der Waals surface area contributed by atoms with Gasteiger partial charge in [-0.05, 0) is 32.7 Å². The third kappa shape index (κ3) is 9.06. The lowest BCUT2D eigenvalue weighted by molar-refractivity contribution is -0.143. The molecule has 0 aromatic rings. The first-order chi connectivity index (χ1) is 11.2. The van der Waals surface area contributed by atoms with Crippen molar-refractivity contribution in [1.29, 1.82) is 0 Å². The number of nitrogens with one attached hydrogen (secondary N) is 2. The molecular weight excluding hydrogens is 320 g/mol. The Hall–Kier alpha value is -2.20.